The molecule has 1 aliphatic rings. The molecule has 30 heavy (non-hydrogen) atoms. The fourth-order valence-electron chi connectivity index (χ4n) is 3.62. The number of aromatic nitrogens is 4. The molecule has 2 aromatic heterocycles. The van der Waals surface area contributed by atoms with E-state index in [1.54, 1.807) is 18.7 Å². The van der Waals surface area contributed by atoms with E-state index >= 15 is 0 Å². The summed E-state index contributed by atoms with van der Waals surface area (Å²) in [6, 6.07) is 7.35. The molecule has 1 fully saturated rings. The van der Waals surface area contributed by atoms with Gasteiger partial charge in [0.15, 0.2) is 17.5 Å². The van der Waals surface area contributed by atoms with E-state index in [0.717, 1.165) is 10.1 Å². The Morgan fingerprint density at radius 2 is 2.03 bits per heavy atom. The fourth-order valence-corrected chi connectivity index (χ4v) is 3.62. The normalized spacial score (nSPS) is 14.3. The topological polar surface area (TPSA) is 89.5 Å². The van der Waals surface area contributed by atoms with Gasteiger partial charge in [0.1, 0.15) is 11.6 Å². The van der Waals surface area contributed by atoms with Crippen molar-refractivity contribution < 1.29 is 14.2 Å². The highest BCUT2D eigenvalue weighted by molar-refractivity contribution is 5.77. The Kier molecular flexibility index (Phi) is 5.44. The standard InChI is InChI=1S/C21H22N4O5/c1-4-9-25-20(26)17-19(24(21(25)27)10-8-16-29-11-12-30-16)22-18(23(17)2)14-6-5-7-15(13-14)28-3/h1,5-7,13,16H,8-12H2,2-3H3. The molecule has 0 amide bonds. The zero-order valence-electron chi connectivity index (χ0n) is 16.8. The van der Waals surface area contributed by atoms with Gasteiger partial charge in [0.25, 0.3) is 5.56 Å². The van der Waals surface area contributed by atoms with Gasteiger partial charge in [0.05, 0.1) is 26.9 Å². The number of methoxy groups -OCH3 is 1. The zero-order valence-corrected chi connectivity index (χ0v) is 16.8. The van der Waals surface area contributed by atoms with E-state index < -0.39 is 11.2 Å². The van der Waals surface area contributed by atoms with Crippen LogP contribution in [0.5, 0.6) is 5.75 Å². The lowest BCUT2D eigenvalue weighted by atomic mass is 10.2. The molecule has 0 radical (unpaired) electrons. The van der Waals surface area contributed by atoms with Crippen LogP contribution in [-0.2, 0) is 29.6 Å². The maximum atomic E-state index is 13.1. The van der Waals surface area contributed by atoms with Crippen molar-refractivity contribution in [3.63, 3.8) is 0 Å². The summed E-state index contributed by atoms with van der Waals surface area (Å²) in [5.74, 6) is 3.59. The molecule has 0 unspecified atom stereocenters. The maximum absolute atomic E-state index is 13.1. The van der Waals surface area contributed by atoms with Crippen molar-refractivity contribution in [1.82, 2.24) is 18.7 Å². The minimum Gasteiger partial charge on any atom is -0.497 e. The predicted octanol–water partition coefficient (Wildman–Crippen LogP) is 0.968. The Bertz CT molecular complexity index is 1240. The van der Waals surface area contributed by atoms with Gasteiger partial charge < -0.3 is 18.8 Å². The van der Waals surface area contributed by atoms with Gasteiger partial charge in [-0.25, -0.2) is 14.3 Å². The lowest BCUT2D eigenvalue weighted by Crippen LogP contribution is -2.40. The number of aryl methyl sites for hydroxylation is 2. The third-order valence-corrected chi connectivity index (χ3v) is 5.10. The average Bonchev–Trinajstić information content (AvgIpc) is 3.39. The summed E-state index contributed by atoms with van der Waals surface area (Å²) >= 11 is 0. The molecule has 0 N–H and O–H groups in total. The molecular formula is C21H22N4O5. The summed E-state index contributed by atoms with van der Waals surface area (Å²) in [6.07, 6.45) is 5.46. The van der Waals surface area contributed by atoms with Gasteiger partial charge in [-0.1, -0.05) is 18.1 Å². The number of ether oxygens (including phenoxy) is 3. The molecule has 1 aliphatic heterocycles. The van der Waals surface area contributed by atoms with E-state index in [1.807, 2.05) is 24.3 Å². The number of nitrogens with zero attached hydrogens (tertiary/aromatic N) is 4. The van der Waals surface area contributed by atoms with Crippen LogP contribution in [0.25, 0.3) is 22.6 Å². The highest BCUT2D eigenvalue weighted by Crippen LogP contribution is 2.25. The second-order valence-electron chi connectivity index (χ2n) is 6.89. The summed E-state index contributed by atoms with van der Waals surface area (Å²) in [5, 5.41) is 0. The Morgan fingerprint density at radius 3 is 2.73 bits per heavy atom. The lowest BCUT2D eigenvalue weighted by molar-refractivity contribution is -0.0491. The van der Waals surface area contributed by atoms with Crippen LogP contribution in [0.15, 0.2) is 33.9 Å². The van der Waals surface area contributed by atoms with E-state index in [2.05, 4.69) is 10.9 Å². The number of terminal acetylenes is 1. The van der Waals surface area contributed by atoms with Crippen molar-refractivity contribution in [3.8, 4) is 29.5 Å². The smallest absolute Gasteiger partial charge is 0.333 e. The van der Waals surface area contributed by atoms with E-state index in [-0.39, 0.29) is 19.4 Å². The maximum Gasteiger partial charge on any atom is 0.333 e. The van der Waals surface area contributed by atoms with Crippen molar-refractivity contribution in [2.24, 2.45) is 7.05 Å². The van der Waals surface area contributed by atoms with Crippen molar-refractivity contribution in [2.75, 3.05) is 20.3 Å². The molecule has 3 heterocycles. The molecule has 0 aliphatic carbocycles. The molecule has 9 nitrogen and oxygen atoms in total. The van der Waals surface area contributed by atoms with Crippen LogP contribution in [0, 0.1) is 12.3 Å². The molecule has 1 saturated heterocycles. The fraction of sp³-hybridized carbons (Fsp3) is 0.381. The molecule has 1 aromatic carbocycles. The second-order valence-corrected chi connectivity index (χ2v) is 6.89. The minimum absolute atomic E-state index is 0.121. The predicted molar refractivity (Wildman–Crippen MR) is 110 cm³/mol. The van der Waals surface area contributed by atoms with E-state index in [9.17, 15) is 9.59 Å². The highest BCUT2D eigenvalue weighted by Gasteiger charge is 2.22. The first-order valence-electron chi connectivity index (χ1n) is 9.56. The van der Waals surface area contributed by atoms with Crippen LogP contribution in [0.4, 0.5) is 0 Å². The third kappa shape index (κ3) is 3.40. The first-order chi connectivity index (χ1) is 14.5. The molecular weight excluding hydrogens is 388 g/mol. The van der Waals surface area contributed by atoms with Crippen molar-refractivity contribution in [1.29, 1.82) is 0 Å². The number of imidazole rings is 1. The largest absolute Gasteiger partial charge is 0.497 e. The SMILES string of the molecule is C#CCn1c(=O)c2c(nc(-c3cccc(OC)c3)n2C)n(CCC2OCCO2)c1=O. The lowest BCUT2D eigenvalue weighted by Gasteiger charge is -2.12. The van der Waals surface area contributed by atoms with Crippen molar-refractivity contribution in [3.05, 3.63) is 45.1 Å². The Labute approximate surface area is 172 Å². The van der Waals surface area contributed by atoms with Gasteiger partial charge in [0, 0.05) is 25.6 Å². The van der Waals surface area contributed by atoms with Crippen LogP contribution >= 0.6 is 0 Å². The van der Waals surface area contributed by atoms with Gasteiger partial charge in [-0.2, -0.15) is 0 Å². The number of benzene rings is 1. The molecule has 4 rings (SSSR count). The third-order valence-electron chi connectivity index (χ3n) is 5.10. The van der Waals surface area contributed by atoms with Gasteiger partial charge in [-0.05, 0) is 12.1 Å². The van der Waals surface area contributed by atoms with E-state index in [4.69, 9.17) is 20.6 Å². The van der Waals surface area contributed by atoms with Gasteiger partial charge in [0.2, 0.25) is 0 Å². The van der Waals surface area contributed by atoms with Crippen LogP contribution in [-0.4, -0.2) is 45.3 Å². The number of fused-ring (bicyclic) bond motifs is 1. The Hall–Kier alpha value is -3.35. The van der Waals surface area contributed by atoms with E-state index in [1.165, 1.54) is 4.57 Å². The van der Waals surface area contributed by atoms with Crippen LogP contribution < -0.4 is 16.0 Å². The zero-order chi connectivity index (χ0) is 21.3. The molecule has 0 saturated carbocycles. The molecule has 0 atom stereocenters. The quantitative estimate of drug-likeness (QED) is 0.563. The molecule has 0 bridgehead atoms. The van der Waals surface area contributed by atoms with E-state index in [0.29, 0.717) is 42.4 Å². The first kappa shape index (κ1) is 19.9. The summed E-state index contributed by atoms with van der Waals surface area (Å²) in [5.41, 5.74) is 0.394. The summed E-state index contributed by atoms with van der Waals surface area (Å²) in [6.45, 7) is 1.20. The minimum atomic E-state index is -0.501. The average molecular weight is 410 g/mol. The van der Waals surface area contributed by atoms with Crippen LogP contribution in [0.1, 0.15) is 6.42 Å². The van der Waals surface area contributed by atoms with Crippen LogP contribution in [0.3, 0.4) is 0 Å². The highest BCUT2D eigenvalue weighted by atomic mass is 16.7. The van der Waals surface area contributed by atoms with Crippen molar-refractivity contribution in [2.45, 2.75) is 25.8 Å². The van der Waals surface area contributed by atoms with Gasteiger partial charge in [-0.3, -0.25) is 9.36 Å². The Balaban J connectivity index is 1.91. The summed E-state index contributed by atoms with van der Waals surface area (Å²) < 4.78 is 20.4. The Morgan fingerprint density at radius 1 is 1.27 bits per heavy atom. The van der Waals surface area contributed by atoms with Crippen LogP contribution in [0.2, 0.25) is 0 Å². The summed E-state index contributed by atoms with van der Waals surface area (Å²) in [7, 11) is 3.32. The molecule has 9 heteroatoms. The summed E-state index contributed by atoms with van der Waals surface area (Å²) in [4.78, 5) is 30.7. The monoisotopic (exact) mass is 410 g/mol. The molecule has 0 spiro atoms. The number of rotatable bonds is 6. The van der Waals surface area contributed by atoms with Gasteiger partial charge >= 0.3 is 5.69 Å². The second kappa shape index (κ2) is 8.18. The molecule has 3 aromatic rings. The van der Waals surface area contributed by atoms with Gasteiger partial charge in [-0.15, -0.1) is 6.42 Å². The first-order valence-corrected chi connectivity index (χ1v) is 9.56. The number of hydrogen-bond acceptors (Lipinski definition) is 6. The number of hydrogen-bond donors (Lipinski definition) is 0. The molecule has 156 valence electrons. The van der Waals surface area contributed by atoms with Crippen molar-refractivity contribution >= 4 is 11.2 Å².